The second kappa shape index (κ2) is 13.1. The third-order valence-corrected chi connectivity index (χ3v) is 8.02. The Morgan fingerprint density at radius 2 is 1.54 bits per heavy atom. The molecule has 0 fully saturated rings. The maximum absolute atomic E-state index is 13.4. The second-order valence-corrected chi connectivity index (χ2v) is 11.5. The first-order valence-electron chi connectivity index (χ1n) is 11.6. The maximum Gasteiger partial charge on any atom is 0.255 e. The lowest BCUT2D eigenvalue weighted by atomic mass is 10.2. The number of sulfonamides is 1. The highest BCUT2D eigenvalue weighted by molar-refractivity contribution is 7.89. The number of carbonyl (C=O) groups is 1. The Hall–Kier alpha value is -3.40. The van der Waals surface area contributed by atoms with Gasteiger partial charge in [0.05, 0.1) is 17.7 Å². The monoisotopic (exact) mass is 601 g/mol. The average molecular weight is 603 g/mol. The summed E-state index contributed by atoms with van der Waals surface area (Å²) in [5.41, 5.74) is 3.53. The minimum absolute atomic E-state index is 0.0245. The lowest BCUT2D eigenvalue weighted by molar-refractivity contribution is -0.121. The predicted molar refractivity (Wildman–Crippen MR) is 154 cm³/mol. The first kappa shape index (κ1) is 28.6. The number of hydrogen-bond donors (Lipinski definition) is 1. The molecule has 0 unspecified atom stereocenters. The van der Waals surface area contributed by atoms with Gasteiger partial charge in [0.1, 0.15) is 11.5 Å². The van der Waals surface area contributed by atoms with Crippen LogP contribution >= 0.6 is 34.8 Å². The summed E-state index contributed by atoms with van der Waals surface area (Å²) in [4.78, 5) is 12.8. The van der Waals surface area contributed by atoms with E-state index in [0.717, 1.165) is 4.31 Å². The average Bonchev–Trinajstić information content (AvgIpc) is 2.91. The van der Waals surface area contributed by atoms with Crippen LogP contribution in [0.3, 0.4) is 0 Å². The van der Waals surface area contributed by atoms with E-state index in [-0.39, 0.29) is 16.5 Å². The smallest absolute Gasteiger partial charge is 0.255 e. The first-order valence-corrected chi connectivity index (χ1v) is 14.1. The number of nitrogens with zero attached hydrogens (tertiary/aromatic N) is 2. The van der Waals surface area contributed by atoms with Crippen molar-refractivity contribution in [1.29, 1.82) is 0 Å². The van der Waals surface area contributed by atoms with E-state index in [4.69, 9.17) is 39.5 Å². The predicted octanol–water partition coefficient (Wildman–Crippen LogP) is 6.78. The van der Waals surface area contributed by atoms with Gasteiger partial charge in [-0.3, -0.25) is 4.79 Å². The van der Waals surface area contributed by atoms with E-state index >= 15 is 0 Å². The molecule has 1 N–H and O–H groups in total. The molecule has 7 nitrogen and oxygen atoms in total. The van der Waals surface area contributed by atoms with Gasteiger partial charge in [0.2, 0.25) is 10.0 Å². The van der Waals surface area contributed by atoms with E-state index in [2.05, 4.69) is 10.5 Å². The Morgan fingerprint density at radius 1 is 0.846 bits per heavy atom. The summed E-state index contributed by atoms with van der Waals surface area (Å²) in [5.74, 6) is 0.629. The third kappa shape index (κ3) is 8.05. The minimum Gasteiger partial charge on any atom is -0.457 e. The van der Waals surface area contributed by atoms with E-state index in [1.807, 2.05) is 30.3 Å². The Labute approximate surface area is 241 Å². The molecular formula is C28H22Cl3N3O4S. The molecule has 0 bridgehead atoms. The summed E-state index contributed by atoms with van der Waals surface area (Å²) < 4.78 is 33.7. The number of ether oxygens (including phenoxy) is 1. The van der Waals surface area contributed by atoms with Crippen LogP contribution in [0.5, 0.6) is 11.5 Å². The molecule has 11 heteroatoms. The van der Waals surface area contributed by atoms with E-state index < -0.39 is 22.5 Å². The van der Waals surface area contributed by atoms with E-state index in [1.54, 1.807) is 36.4 Å². The van der Waals surface area contributed by atoms with Gasteiger partial charge in [0, 0.05) is 21.6 Å². The largest absolute Gasteiger partial charge is 0.457 e. The van der Waals surface area contributed by atoms with Crippen molar-refractivity contribution in [1.82, 2.24) is 9.73 Å². The van der Waals surface area contributed by atoms with Gasteiger partial charge in [-0.05, 0) is 71.8 Å². The lowest BCUT2D eigenvalue weighted by Gasteiger charge is -2.22. The van der Waals surface area contributed by atoms with Gasteiger partial charge < -0.3 is 4.74 Å². The first-order chi connectivity index (χ1) is 18.7. The molecule has 0 saturated carbocycles. The van der Waals surface area contributed by atoms with Crippen LogP contribution in [0.15, 0.2) is 107 Å². The summed E-state index contributed by atoms with van der Waals surface area (Å²) in [7, 11) is -4.10. The van der Waals surface area contributed by atoms with E-state index in [1.165, 1.54) is 36.5 Å². The highest BCUT2D eigenvalue weighted by atomic mass is 35.5. The zero-order chi connectivity index (χ0) is 27.8. The molecule has 0 aromatic heterocycles. The second-order valence-electron chi connectivity index (χ2n) is 8.24. The Balaban J connectivity index is 1.48. The van der Waals surface area contributed by atoms with Crippen molar-refractivity contribution < 1.29 is 17.9 Å². The Morgan fingerprint density at radius 3 is 2.26 bits per heavy atom. The summed E-state index contributed by atoms with van der Waals surface area (Å²) >= 11 is 18.2. The quantitative estimate of drug-likeness (QED) is 0.160. The molecule has 200 valence electrons. The van der Waals surface area contributed by atoms with Crippen LogP contribution in [0.1, 0.15) is 11.1 Å². The molecule has 0 saturated heterocycles. The topological polar surface area (TPSA) is 88.1 Å². The normalized spacial score (nSPS) is 11.6. The molecule has 39 heavy (non-hydrogen) atoms. The number of amides is 1. The molecule has 0 radical (unpaired) electrons. The van der Waals surface area contributed by atoms with Gasteiger partial charge in [-0.1, -0.05) is 71.2 Å². The van der Waals surface area contributed by atoms with Gasteiger partial charge in [0.15, 0.2) is 0 Å². The number of rotatable bonds is 10. The maximum atomic E-state index is 13.4. The molecule has 0 aliphatic rings. The molecule has 0 aliphatic carbocycles. The van der Waals surface area contributed by atoms with Crippen LogP contribution in [-0.4, -0.2) is 31.4 Å². The number of halogens is 3. The van der Waals surface area contributed by atoms with Gasteiger partial charge in [-0.25, -0.2) is 13.8 Å². The number of para-hydroxylation sites is 1. The van der Waals surface area contributed by atoms with Gasteiger partial charge >= 0.3 is 0 Å². The van der Waals surface area contributed by atoms with Crippen molar-refractivity contribution >= 4 is 56.9 Å². The summed E-state index contributed by atoms with van der Waals surface area (Å²) in [6, 6.07) is 26.8. The van der Waals surface area contributed by atoms with Crippen LogP contribution in [0.2, 0.25) is 15.1 Å². The molecule has 0 spiro atoms. The zero-order valence-electron chi connectivity index (χ0n) is 20.3. The van der Waals surface area contributed by atoms with Crippen LogP contribution in [0, 0.1) is 0 Å². The van der Waals surface area contributed by atoms with Gasteiger partial charge in [-0.15, -0.1) is 0 Å². The molecule has 0 heterocycles. The molecular weight excluding hydrogens is 581 g/mol. The Kier molecular flexibility index (Phi) is 9.61. The van der Waals surface area contributed by atoms with E-state index in [0.29, 0.717) is 32.7 Å². The van der Waals surface area contributed by atoms with E-state index in [9.17, 15) is 13.2 Å². The minimum atomic E-state index is -4.10. The van der Waals surface area contributed by atoms with Crippen molar-refractivity contribution in [2.24, 2.45) is 5.10 Å². The number of hydrogen-bond acceptors (Lipinski definition) is 5. The number of benzene rings is 4. The Bertz CT molecular complexity index is 1580. The molecule has 4 aromatic rings. The van der Waals surface area contributed by atoms with Crippen LogP contribution in [-0.2, 0) is 21.4 Å². The van der Waals surface area contributed by atoms with Gasteiger partial charge in [0.25, 0.3) is 5.91 Å². The molecule has 0 aliphatic heterocycles. The number of nitrogens with one attached hydrogen (secondary N) is 1. The van der Waals surface area contributed by atoms with Crippen molar-refractivity contribution in [3.05, 3.63) is 123 Å². The molecule has 4 aromatic carbocycles. The van der Waals surface area contributed by atoms with Gasteiger partial charge in [-0.2, -0.15) is 9.41 Å². The highest BCUT2D eigenvalue weighted by Gasteiger charge is 2.27. The lowest BCUT2D eigenvalue weighted by Crippen LogP contribution is -2.39. The SMILES string of the molecule is O=C(CN(Cc1ccc(Cl)cc1Cl)S(=O)(=O)c1ccc(Cl)cc1)N/N=C\c1cccc(Oc2ccccc2)c1. The highest BCUT2D eigenvalue weighted by Crippen LogP contribution is 2.26. The molecule has 0 atom stereocenters. The van der Waals surface area contributed by atoms with Crippen LogP contribution in [0.4, 0.5) is 0 Å². The van der Waals surface area contributed by atoms with Crippen molar-refractivity contribution in [2.75, 3.05) is 6.54 Å². The number of carbonyl (C=O) groups excluding carboxylic acids is 1. The summed E-state index contributed by atoms with van der Waals surface area (Å²) in [6.07, 6.45) is 1.43. The van der Waals surface area contributed by atoms with Crippen LogP contribution in [0.25, 0.3) is 0 Å². The summed E-state index contributed by atoms with van der Waals surface area (Å²) in [6.45, 7) is -0.685. The van der Waals surface area contributed by atoms with Crippen molar-refractivity contribution in [3.8, 4) is 11.5 Å². The third-order valence-electron chi connectivity index (χ3n) is 5.37. The number of hydrazone groups is 1. The van der Waals surface area contributed by atoms with Crippen LogP contribution < -0.4 is 10.2 Å². The zero-order valence-corrected chi connectivity index (χ0v) is 23.4. The van der Waals surface area contributed by atoms with Crippen molar-refractivity contribution in [3.63, 3.8) is 0 Å². The fraction of sp³-hybridized carbons (Fsp3) is 0.0714. The standard InChI is InChI=1S/C28H22Cl3N3O4S/c29-22-11-13-26(14-12-22)39(36,37)34(18-21-9-10-23(30)16-27(21)31)19-28(35)33-32-17-20-5-4-8-25(15-20)38-24-6-2-1-3-7-24/h1-17H,18-19H2,(H,33,35)/b32-17-. The van der Waals surface area contributed by atoms with Crippen molar-refractivity contribution in [2.45, 2.75) is 11.4 Å². The summed E-state index contributed by atoms with van der Waals surface area (Å²) in [5, 5.41) is 5.04. The molecule has 4 rings (SSSR count). The molecule has 1 amide bonds. The fourth-order valence-electron chi connectivity index (χ4n) is 3.48. The fourth-order valence-corrected chi connectivity index (χ4v) is 5.45.